The van der Waals surface area contributed by atoms with Gasteiger partial charge in [0.15, 0.2) is 0 Å². The molecule has 3 aliphatic rings. The van der Waals surface area contributed by atoms with E-state index >= 15 is 0 Å². The molecule has 1 saturated heterocycles. The van der Waals surface area contributed by atoms with Crippen molar-refractivity contribution in [2.45, 2.75) is 61.4 Å². The summed E-state index contributed by atoms with van der Waals surface area (Å²) in [7, 11) is 0. The second-order valence-corrected chi connectivity index (χ2v) is 8.15. The Bertz CT molecular complexity index is 261. The summed E-state index contributed by atoms with van der Waals surface area (Å²) in [5, 5.41) is 0.913. The molecule has 2 nitrogen and oxygen atoms in total. The molecule has 0 bridgehead atoms. The minimum atomic E-state index is 0.437. The average molecular weight is 255 g/mol. The van der Waals surface area contributed by atoms with Gasteiger partial charge in [0, 0.05) is 29.8 Å². The molecule has 17 heavy (non-hydrogen) atoms. The normalized spacial score (nSPS) is 31.6. The number of hydrogen-bond acceptors (Lipinski definition) is 3. The molecule has 98 valence electrons. The van der Waals surface area contributed by atoms with Crippen molar-refractivity contribution in [1.82, 2.24) is 0 Å². The number of nitrogens with two attached hydrogens (primary N) is 1. The summed E-state index contributed by atoms with van der Waals surface area (Å²) >= 11 is 2.24. The van der Waals surface area contributed by atoms with Crippen LogP contribution in [0.15, 0.2) is 0 Å². The van der Waals surface area contributed by atoms with Crippen LogP contribution in [0.25, 0.3) is 0 Å². The van der Waals surface area contributed by atoms with E-state index in [1.807, 2.05) is 0 Å². The van der Waals surface area contributed by atoms with Gasteiger partial charge in [0.1, 0.15) is 0 Å². The van der Waals surface area contributed by atoms with E-state index in [0.717, 1.165) is 25.0 Å². The molecule has 0 radical (unpaired) electrons. The van der Waals surface area contributed by atoms with Gasteiger partial charge in [-0.1, -0.05) is 12.8 Å². The van der Waals surface area contributed by atoms with Crippen LogP contribution in [-0.4, -0.2) is 29.8 Å². The van der Waals surface area contributed by atoms with E-state index in [4.69, 9.17) is 10.5 Å². The van der Waals surface area contributed by atoms with Gasteiger partial charge in [0.05, 0.1) is 0 Å². The Morgan fingerprint density at radius 2 is 1.76 bits per heavy atom. The zero-order chi connectivity index (χ0) is 11.8. The highest BCUT2D eigenvalue weighted by Gasteiger charge is 2.54. The molecule has 1 heterocycles. The van der Waals surface area contributed by atoms with Gasteiger partial charge in [-0.3, -0.25) is 0 Å². The summed E-state index contributed by atoms with van der Waals surface area (Å²) in [5.74, 6) is 0. The largest absolute Gasteiger partial charge is 0.381 e. The molecule has 0 aromatic rings. The van der Waals surface area contributed by atoms with Gasteiger partial charge >= 0.3 is 0 Å². The summed E-state index contributed by atoms with van der Waals surface area (Å²) in [4.78, 5) is 0. The van der Waals surface area contributed by atoms with Crippen molar-refractivity contribution < 1.29 is 4.74 Å². The number of rotatable bonds is 3. The second kappa shape index (κ2) is 4.75. The first-order valence-electron chi connectivity index (χ1n) is 7.22. The van der Waals surface area contributed by atoms with Crippen molar-refractivity contribution in [3.8, 4) is 0 Å². The lowest BCUT2D eigenvalue weighted by molar-refractivity contribution is -0.0452. The highest BCUT2D eigenvalue weighted by Crippen LogP contribution is 2.61. The number of hydrogen-bond donors (Lipinski definition) is 1. The first-order chi connectivity index (χ1) is 8.26. The van der Waals surface area contributed by atoms with Gasteiger partial charge < -0.3 is 10.5 Å². The number of thioether (sulfide) groups is 1. The SMILES string of the molecule is NCC1(SC2CCCC2)CC2(CCOCC2)C1. The Kier molecular flexibility index (Phi) is 3.44. The second-order valence-electron chi connectivity index (χ2n) is 6.38. The van der Waals surface area contributed by atoms with Crippen LogP contribution in [0, 0.1) is 5.41 Å². The molecular formula is C14H25NOS. The summed E-state index contributed by atoms with van der Waals surface area (Å²) in [5.41, 5.74) is 6.70. The Labute approximate surface area is 109 Å². The van der Waals surface area contributed by atoms with Crippen LogP contribution in [0.4, 0.5) is 0 Å². The molecule has 2 N–H and O–H groups in total. The monoisotopic (exact) mass is 255 g/mol. The maximum Gasteiger partial charge on any atom is 0.0471 e. The topological polar surface area (TPSA) is 35.2 Å². The minimum Gasteiger partial charge on any atom is -0.381 e. The van der Waals surface area contributed by atoms with E-state index in [-0.39, 0.29) is 0 Å². The fourth-order valence-electron chi connectivity index (χ4n) is 4.11. The highest BCUT2D eigenvalue weighted by atomic mass is 32.2. The third-order valence-corrected chi connectivity index (χ3v) is 6.80. The maximum absolute atomic E-state index is 6.08. The first kappa shape index (κ1) is 12.3. The highest BCUT2D eigenvalue weighted by molar-refractivity contribution is 8.01. The van der Waals surface area contributed by atoms with Gasteiger partial charge in [0.25, 0.3) is 0 Å². The molecular weight excluding hydrogens is 230 g/mol. The Morgan fingerprint density at radius 3 is 2.35 bits per heavy atom. The van der Waals surface area contributed by atoms with E-state index in [9.17, 15) is 0 Å². The van der Waals surface area contributed by atoms with E-state index in [1.54, 1.807) is 0 Å². The summed E-state index contributed by atoms with van der Waals surface area (Å²) < 4.78 is 5.93. The summed E-state index contributed by atoms with van der Waals surface area (Å²) in [6.45, 7) is 2.85. The van der Waals surface area contributed by atoms with E-state index in [0.29, 0.717) is 10.2 Å². The molecule has 0 atom stereocenters. The lowest BCUT2D eigenvalue weighted by Crippen LogP contribution is -2.56. The molecule has 1 spiro atoms. The van der Waals surface area contributed by atoms with Crippen LogP contribution in [0.1, 0.15) is 51.4 Å². The standard InChI is InChI=1S/C14H25NOS/c15-11-14(17-12-3-1-2-4-12)9-13(10-14)5-7-16-8-6-13/h12H,1-11,15H2. The number of ether oxygens (including phenoxy) is 1. The Hall–Kier alpha value is 0.270. The third kappa shape index (κ3) is 2.39. The Balaban J connectivity index is 1.58. The lowest BCUT2D eigenvalue weighted by atomic mass is 9.57. The third-order valence-electron chi connectivity index (χ3n) is 5.04. The van der Waals surface area contributed by atoms with Crippen LogP contribution in [-0.2, 0) is 4.74 Å². The molecule has 2 saturated carbocycles. The first-order valence-corrected chi connectivity index (χ1v) is 8.10. The average Bonchev–Trinajstić information content (AvgIpc) is 2.81. The van der Waals surface area contributed by atoms with Gasteiger partial charge in [-0.15, -0.1) is 0 Å². The quantitative estimate of drug-likeness (QED) is 0.842. The van der Waals surface area contributed by atoms with Crippen molar-refractivity contribution in [3.05, 3.63) is 0 Å². The zero-order valence-electron chi connectivity index (χ0n) is 10.7. The van der Waals surface area contributed by atoms with E-state index in [1.165, 1.54) is 51.4 Å². The predicted octanol–water partition coefficient (Wildman–Crippen LogP) is 2.95. The van der Waals surface area contributed by atoms with Crippen LogP contribution >= 0.6 is 11.8 Å². The van der Waals surface area contributed by atoms with Gasteiger partial charge in [-0.2, -0.15) is 11.8 Å². The minimum absolute atomic E-state index is 0.437. The molecule has 0 unspecified atom stereocenters. The maximum atomic E-state index is 6.08. The zero-order valence-corrected chi connectivity index (χ0v) is 11.6. The molecule has 0 amide bonds. The van der Waals surface area contributed by atoms with Crippen molar-refractivity contribution in [1.29, 1.82) is 0 Å². The molecule has 2 aliphatic carbocycles. The predicted molar refractivity (Wildman–Crippen MR) is 73.4 cm³/mol. The molecule has 0 aromatic heterocycles. The van der Waals surface area contributed by atoms with Crippen molar-refractivity contribution >= 4 is 11.8 Å². The summed E-state index contributed by atoms with van der Waals surface area (Å²) in [6.07, 6.45) is 11.0. The van der Waals surface area contributed by atoms with Crippen molar-refractivity contribution in [2.24, 2.45) is 11.1 Å². The van der Waals surface area contributed by atoms with E-state index < -0.39 is 0 Å². The molecule has 3 heteroatoms. The fraction of sp³-hybridized carbons (Fsp3) is 1.00. The van der Waals surface area contributed by atoms with Gasteiger partial charge in [-0.05, 0) is 43.9 Å². The molecule has 3 fully saturated rings. The molecule has 3 rings (SSSR count). The van der Waals surface area contributed by atoms with Crippen LogP contribution in [0.2, 0.25) is 0 Å². The lowest BCUT2D eigenvalue weighted by Gasteiger charge is -2.58. The van der Waals surface area contributed by atoms with Crippen molar-refractivity contribution in [3.63, 3.8) is 0 Å². The smallest absolute Gasteiger partial charge is 0.0471 e. The molecule has 1 aliphatic heterocycles. The van der Waals surface area contributed by atoms with Crippen LogP contribution in [0.3, 0.4) is 0 Å². The van der Waals surface area contributed by atoms with E-state index in [2.05, 4.69) is 11.8 Å². The summed E-state index contributed by atoms with van der Waals surface area (Å²) in [6, 6.07) is 0. The molecule has 0 aromatic carbocycles. The Morgan fingerprint density at radius 1 is 1.12 bits per heavy atom. The fourth-order valence-corrected chi connectivity index (χ4v) is 6.26. The van der Waals surface area contributed by atoms with Gasteiger partial charge in [-0.25, -0.2) is 0 Å². The van der Waals surface area contributed by atoms with Crippen molar-refractivity contribution in [2.75, 3.05) is 19.8 Å². The van der Waals surface area contributed by atoms with Crippen LogP contribution < -0.4 is 5.73 Å². The van der Waals surface area contributed by atoms with Crippen LogP contribution in [0.5, 0.6) is 0 Å². The van der Waals surface area contributed by atoms with Gasteiger partial charge in [0.2, 0.25) is 0 Å².